The molecule has 72 valence electrons. The number of benzene rings is 1. The Morgan fingerprint density at radius 2 is 2.29 bits per heavy atom. The molecule has 0 aromatic heterocycles. The van der Waals surface area contributed by atoms with Crippen molar-refractivity contribution in [1.82, 2.24) is 0 Å². The van der Waals surface area contributed by atoms with Gasteiger partial charge in [0.2, 0.25) is 0 Å². The molecule has 2 nitrogen and oxygen atoms in total. The van der Waals surface area contributed by atoms with E-state index in [9.17, 15) is 4.79 Å². The second kappa shape index (κ2) is 4.73. The van der Waals surface area contributed by atoms with E-state index < -0.39 is 5.97 Å². The molecule has 3 heteroatoms. The predicted octanol–water partition coefficient (Wildman–Crippen LogP) is 1.97. The average molecular weight is 206 g/mol. The summed E-state index contributed by atoms with van der Waals surface area (Å²) in [6, 6.07) is 4.89. The van der Waals surface area contributed by atoms with Crippen LogP contribution in [0.2, 0.25) is 0 Å². The lowest BCUT2D eigenvalue weighted by Crippen LogP contribution is -1.97. The number of hydrogen-bond donors (Lipinski definition) is 2. The Morgan fingerprint density at radius 1 is 1.57 bits per heavy atom. The molecule has 1 N–H and O–H groups in total. The summed E-state index contributed by atoms with van der Waals surface area (Å²) in [5, 5.41) is 8.73. The predicted molar refractivity (Wildman–Crippen MR) is 58.9 cm³/mol. The SMILES string of the molecule is Cc1cc(C(=O)O)ccc1C#CCS. The van der Waals surface area contributed by atoms with E-state index in [1.165, 1.54) is 0 Å². The Morgan fingerprint density at radius 3 is 2.79 bits per heavy atom. The van der Waals surface area contributed by atoms with Crippen LogP contribution in [0.15, 0.2) is 18.2 Å². The maximum absolute atomic E-state index is 10.6. The van der Waals surface area contributed by atoms with Crippen molar-refractivity contribution < 1.29 is 9.90 Å². The lowest BCUT2D eigenvalue weighted by molar-refractivity contribution is 0.0697. The molecule has 0 saturated carbocycles. The van der Waals surface area contributed by atoms with Gasteiger partial charge in [-0.05, 0) is 30.7 Å². The molecule has 0 radical (unpaired) electrons. The summed E-state index contributed by atoms with van der Waals surface area (Å²) < 4.78 is 0. The maximum atomic E-state index is 10.6. The van der Waals surface area contributed by atoms with Crippen LogP contribution in [-0.4, -0.2) is 16.8 Å². The van der Waals surface area contributed by atoms with Crippen LogP contribution in [0, 0.1) is 18.8 Å². The van der Waals surface area contributed by atoms with E-state index in [2.05, 4.69) is 24.5 Å². The summed E-state index contributed by atoms with van der Waals surface area (Å²) >= 11 is 3.97. The first kappa shape index (κ1) is 10.7. The lowest BCUT2D eigenvalue weighted by Gasteiger charge is -1.99. The molecular weight excluding hydrogens is 196 g/mol. The summed E-state index contributed by atoms with van der Waals surface area (Å²) in [5.74, 6) is 5.32. The van der Waals surface area contributed by atoms with Crippen molar-refractivity contribution in [2.75, 3.05) is 5.75 Å². The second-order valence-electron chi connectivity index (χ2n) is 2.79. The van der Waals surface area contributed by atoms with Gasteiger partial charge in [-0.3, -0.25) is 0 Å². The van der Waals surface area contributed by atoms with E-state index >= 15 is 0 Å². The van der Waals surface area contributed by atoms with E-state index in [1.807, 2.05) is 6.92 Å². The molecule has 14 heavy (non-hydrogen) atoms. The number of thiol groups is 1. The Hall–Kier alpha value is -1.40. The van der Waals surface area contributed by atoms with Crippen LogP contribution in [-0.2, 0) is 0 Å². The zero-order valence-corrected chi connectivity index (χ0v) is 8.64. The van der Waals surface area contributed by atoms with E-state index in [4.69, 9.17) is 5.11 Å². The third-order valence-electron chi connectivity index (χ3n) is 1.78. The quantitative estimate of drug-likeness (QED) is 0.544. The lowest BCUT2D eigenvalue weighted by atomic mass is 10.1. The Kier molecular flexibility index (Phi) is 3.61. The summed E-state index contributed by atoms with van der Waals surface area (Å²) in [4.78, 5) is 10.6. The standard InChI is InChI=1S/C11H10O2S/c1-8-7-10(11(12)13)5-4-9(8)3-2-6-14/h4-5,7,14H,6H2,1H3,(H,12,13). The number of rotatable bonds is 1. The topological polar surface area (TPSA) is 37.3 Å². The van der Waals surface area contributed by atoms with Gasteiger partial charge in [0.05, 0.1) is 11.3 Å². The normalized spacial score (nSPS) is 9.00. The summed E-state index contributed by atoms with van der Waals surface area (Å²) in [6.07, 6.45) is 0. The van der Waals surface area contributed by atoms with Crippen LogP contribution in [0.5, 0.6) is 0 Å². The summed E-state index contributed by atoms with van der Waals surface area (Å²) in [7, 11) is 0. The van der Waals surface area contributed by atoms with Crippen molar-refractivity contribution in [3.63, 3.8) is 0 Å². The molecule has 1 aromatic carbocycles. The van der Waals surface area contributed by atoms with Crippen molar-refractivity contribution in [2.45, 2.75) is 6.92 Å². The molecule has 1 aromatic rings. The smallest absolute Gasteiger partial charge is 0.335 e. The minimum atomic E-state index is -0.915. The van der Waals surface area contributed by atoms with Gasteiger partial charge in [-0.15, -0.1) is 0 Å². The fourth-order valence-electron chi connectivity index (χ4n) is 1.07. The first-order valence-electron chi connectivity index (χ1n) is 4.09. The molecule has 0 heterocycles. The number of aryl methyl sites for hydroxylation is 1. The molecule has 0 bridgehead atoms. The first-order valence-corrected chi connectivity index (χ1v) is 4.72. The minimum Gasteiger partial charge on any atom is -0.478 e. The van der Waals surface area contributed by atoms with Gasteiger partial charge in [0.25, 0.3) is 0 Å². The van der Waals surface area contributed by atoms with Gasteiger partial charge in [0.1, 0.15) is 0 Å². The van der Waals surface area contributed by atoms with Crippen molar-refractivity contribution in [1.29, 1.82) is 0 Å². The third-order valence-corrected chi connectivity index (χ3v) is 1.93. The number of hydrogen-bond acceptors (Lipinski definition) is 2. The van der Waals surface area contributed by atoms with Crippen LogP contribution in [0.25, 0.3) is 0 Å². The van der Waals surface area contributed by atoms with E-state index in [0.29, 0.717) is 11.3 Å². The van der Waals surface area contributed by atoms with Gasteiger partial charge in [0.15, 0.2) is 0 Å². The van der Waals surface area contributed by atoms with Gasteiger partial charge in [-0.25, -0.2) is 4.79 Å². The Balaban J connectivity index is 3.07. The Bertz CT molecular complexity index is 413. The highest BCUT2D eigenvalue weighted by atomic mass is 32.1. The van der Waals surface area contributed by atoms with Gasteiger partial charge in [0, 0.05) is 5.56 Å². The molecule has 0 unspecified atom stereocenters. The summed E-state index contributed by atoms with van der Waals surface area (Å²) in [5.41, 5.74) is 2.02. The zero-order valence-electron chi connectivity index (χ0n) is 7.74. The van der Waals surface area contributed by atoms with Crippen molar-refractivity contribution in [3.05, 3.63) is 34.9 Å². The van der Waals surface area contributed by atoms with Gasteiger partial charge in [-0.1, -0.05) is 11.8 Å². The molecule has 0 fully saturated rings. The second-order valence-corrected chi connectivity index (χ2v) is 3.11. The van der Waals surface area contributed by atoms with Crippen molar-refractivity contribution in [2.24, 2.45) is 0 Å². The first-order chi connectivity index (χ1) is 6.65. The third kappa shape index (κ3) is 2.54. The van der Waals surface area contributed by atoms with E-state index in [1.54, 1.807) is 18.2 Å². The highest BCUT2D eigenvalue weighted by Gasteiger charge is 2.03. The molecular formula is C11H10O2S. The van der Waals surface area contributed by atoms with Crippen molar-refractivity contribution >= 4 is 18.6 Å². The molecule has 0 atom stereocenters. The molecule has 0 aliphatic carbocycles. The highest BCUT2D eigenvalue weighted by Crippen LogP contribution is 2.09. The molecule has 0 spiro atoms. The molecule has 0 saturated heterocycles. The van der Waals surface area contributed by atoms with Crippen LogP contribution < -0.4 is 0 Å². The maximum Gasteiger partial charge on any atom is 0.335 e. The molecule has 1 rings (SSSR count). The average Bonchev–Trinajstić information content (AvgIpc) is 2.15. The van der Waals surface area contributed by atoms with Crippen LogP contribution in [0.4, 0.5) is 0 Å². The Labute approximate surface area is 88.4 Å². The van der Waals surface area contributed by atoms with Crippen LogP contribution in [0.3, 0.4) is 0 Å². The molecule has 0 aliphatic heterocycles. The van der Waals surface area contributed by atoms with Crippen LogP contribution >= 0.6 is 12.6 Å². The minimum absolute atomic E-state index is 0.291. The molecule has 0 amide bonds. The largest absolute Gasteiger partial charge is 0.478 e. The fraction of sp³-hybridized carbons (Fsp3) is 0.182. The molecule has 0 aliphatic rings. The van der Waals surface area contributed by atoms with Gasteiger partial charge in [-0.2, -0.15) is 12.6 Å². The van der Waals surface area contributed by atoms with Gasteiger partial charge < -0.3 is 5.11 Å². The number of carboxylic acids is 1. The highest BCUT2D eigenvalue weighted by molar-refractivity contribution is 7.80. The van der Waals surface area contributed by atoms with Crippen molar-refractivity contribution in [3.8, 4) is 11.8 Å². The van der Waals surface area contributed by atoms with Gasteiger partial charge >= 0.3 is 5.97 Å². The van der Waals surface area contributed by atoms with Crippen LogP contribution in [0.1, 0.15) is 21.5 Å². The number of aromatic carboxylic acids is 1. The number of carbonyl (C=O) groups is 1. The zero-order chi connectivity index (χ0) is 10.6. The fourth-order valence-corrected chi connectivity index (χ4v) is 1.15. The summed E-state index contributed by atoms with van der Waals surface area (Å²) in [6.45, 7) is 1.84. The van der Waals surface area contributed by atoms with E-state index in [0.717, 1.165) is 11.1 Å². The number of carboxylic acid groups (broad SMARTS) is 1. The van der Waals surface area contributed by atoms with E-state index in [-0.39, 0.29) is 0 Å². The monoisotopic (exact) mass is 206 g/mol.